The first kappa shape index (κ1) is 20.7. The van der Waals surface area contributed by atoms with Crippen molar-refractivity contribution in [3.8, 4) is 12.3 Å². The minimum atomic E-state index is -1.29. The van der Waals surface area contributed by atoms with Crippen molar-refractivity contribution in [2.75, 3.05) is 25.6 Å². The van der Waals surface area contributed by atoms with Gasteiger partial charge in [0.1, 0.15) is 36.5 Å². The highest BCUT2D eigenvalue weighted by atomic mass is 32.2. The number of hydrogen-bond donors (Lipinski definition) is 4. The third-order valence-corrected chi connectivity index (χ3v) is 4.99. The molecule has 0 unspecified atom stereocenters. The Hall–Kier alpha value is -0.330. The Morgan fingerprint density at radius 2 is 1.70 bits per heavy atom. The summed E-state index contributed by atoms with van der Waals surface area (Å²) >= 11 is 1.40. The predicted octanol–water partition coefficient (Wildman–Crippen LogP) is 0.120. The molecule has 1 rings (SSSR count). The lowest BCUT2D eigenvalue weighted by molar-refractivity contribution is -0.205. The second-order valence-electron chi connectivity index (χ2n) is 5.59. The van der Waals surface area contributed by atoms with Crippen LogP contribution in [-0.4, -0.2) is 75.9 Å². The van der Waals surface area contributed by atoms with Crippen molar-refractivity contribution in [3.63, 3.8) is 0 Å². The molecule has 0 amide bonds. The molecule has 0 bridgehead atoms. The second kappa shape index (κ2) is 12.1. The molecule has 1 saturated heterocycles. The summed E-state index contributed by atoms with van der Waals surface area (Å²) in [7, 11) is 0. The number of aliphatic hydroxyl groups is 4. The molecule has 4 N–H and O–H groups in total. The van der Waals surface area contributed by atoms with Gasteiger partial charge in [0, 0.05) is 6.61 Å². The average Bonchev–Trinajstić information content (AvgIpc) is 2.56. The van der Waals surface area contributed by atoms with Gasteiger partial charge in [-0.25, -0.2) is 0 Å². The van der Waals surface area contributed by atoms with Crippen molar-refractivity contribution in [1.29, 1.82) is 0 Å². The van der Waals surface area contributed by atoms with Gasteiger partial charge in [0.2, 0.25) is 0 Å². The largest absolute Gasteiger partial charge is 0.394 e. The fourth-order valence-electron chi connectivity index (χ4n) is 2.37. The van der Waals surface area contributed by atoms with E-state index in [1.54, 1.807) is 0 Å². The van der Waals surface area contributed by atoms with Gasteiger partial charge in [-0.05, 0) is 18.6 Å². The van der Waals surface area contributed by atoms with Crippen LogP contribution in [-0.2, 0) is 9.47 Å². The molecule has 0 aliphatic carbocycles. The second-order valence-corrected chi connectivity index (χ2v) is 6.80. The molecule has 1 aliphatic heterocycles. The molecule has 6 nitrogen and oxygen atoms in total. The van der Waals surface area contributed by atoms with Crippen LogP contribution < -0.4 is 0 Å². The highest BCUT2D eigenvalue weighted by Gasteiger charge is 2.43. The molecule has 1 heterocycles. The first-order valence-electron chi connectivity index (χ1n) is 8.05. The van der Waals surface area contributed by atoms with Crippen molar-refractivity contribution in [2.45, 2.75) is 62.0 Å². The number of rotatable bonds is 11. The average molecular weight is 348 g/mol. The van der Waals surface area contributed by atoms with E-state index in [2.05, 4.69) is 5.92 Å². The van der Waals surface area contributed by atoms with Crippen LogP contribution in [0.2, 0.25) is 0 Å². The number of hydrogen-bond acceptors (Lipinski definition) is 7. The fourth-order valence-corrected chi connectivity index (χ4v) is 3.55. The third kappa shape index (κ3) is 7.40. The van der Waals surface area contributed by atoms with Crippen molar-refractivity contribution < 1.29 is 29.9 Å². The van der Waals surface area contributed by atoms with E-state index in [-0.39, 0.29) is 6.61 Å². The summed E-state index contributed by atoms with van der Waals surface area (Å²) in [4.78, 5) is 0. The highest BCUT2D eigenvalue weighted by Crippen LogP contribution is 2.29. The van der Waals surface area contributed by atoms with Gasteiger partial charge < -0.3 is 29.9 Å². The van der Waals surface area contributed by atoms with E-state index in [1.165, 1.54) is 11.8 Å². The van der Waals surface area contributed by atoms with Gasteiger partial charge in [-0.3, -0.25) is 0 Å². The Morgan fingerprint density at radius 1 is 1.00 bits per heavy atom. The number of unbranched alkanes of at least 4 members (excludes halogenated alkanes) is 4. The maximum Gasteiger partial charge on any atom is 0.132 e. The van der Waals surface area contributed by atoms with Crippen LogP contribution in [0, 0.1) is 12.3 Å². The SMILES string of the molecule is C#CCOCCCCCCCS[C@H]1O[C@H](CO)[C@@H](O)[C@H](O)[C@@H]1O. The molecule has 0 spiro atoms. The molecule has 0 aromatic rings. The van der Waals surface area contributed by atoms with Crippen molar-refractivity contribution in [1.82, 2.24) is 0 Å². The van der Waals surface area contributed by atoms with Crippen LogP contribution in [0.25, 0.3) is 0 Å². The van der Waals surface area contributed by atoms with E-state index in [9.17, 15) is 15.3 Å². The fraction of sp³-hybridized carbons (Fsp3) is 0.875. The van der Waals surface area contributed by atoms with E-state index in [4.69, 9.17) is 21.0 Å². The predicted molar refractivity (Wildman–Crippen MR) is 89.0 cm³/mol. The molecule has 0 radical (unpaired) electrons. The molecular formula is C16H28O6S. The maximum absolute atomic E-state index is 9.90. The van der Waals surface area contributed by atoms with Crippen LogP contribution in [0.1, 0.15) is 32.1 Å². The molecule has 0 aromatic carbocycles. The van der Waals surface area contributed by atoms with E-state index in [0.717, 1.165) is 37.9 Å². The summed E-state index contributed by atoms with van der Waals surface area (Å²) in [6, 6.07) is 0. The molecule has 23 heavy (non-hydrogen) atoms. The van der Waals surface area contributed by atoms with Crippen LogP contribution >= 0.6 is 11.8 Å². The summed E-state index contributed by atoms with van der Waals surface area (Å²) in [6.07, 6.45) is 5.78. The lowest BCUT2D eigenvalue weighted by atomic mass is 10.0. The number of terminal acetylenes is 1. The molecule has 7 heteroatoms. The van der Waals surface area contributed by atoms with E-state index < -0.39 is 29.9 Å². The van der Waals surface area contributed by atoms with Crippen LogP contribution in [0.15, 0.2) is 0 Å². The van der Waals surface area contributed by atoms with E-state index >= 15 is 0 Å². The summed E-state index contributed by atoms with van der Waals surface area (Å²) in [6.45, 7) is 0.684. The molecule has 5 atom stereocenters. The number of ether oxygens (including phenoxy) is 2. The van der Waals surface area contributed by atoms with E-state index in [1.807, 2.05) is 0 Å². The normalized spacial score (nSPS) is 31.0. The molecule has 134 valence electrons. The lowest BCUT2D eigenvalue weighted by Crippen LogP contribution is -2.57. The van der Waals surface area contributed by atoms with Crippen molar-refractivity contribution >= 4 is 11.8 Å². The molecule has 1 fully saturated rings. The summed E-state index contributed by atoms with van der Waals surface area (Å²) in [5.41, 5.74) is -0.622. The van der Waals surface area contributed by atoms with Crippen LogP contribution in [0.5, 0.6) is 0 Å². The van der Waals surface area contributed by atoms with Gasteiger partial charge in [-0.1, -0.05) is 25.2 Å². The number of aliphatic hydroxyl groups excluding tert-OH is 4. The minimum absolute atomic E-state index is 0.371. The Labute approximate surface area is 142 Å². The van der Waals surface area contributed by atoms with Crippen molar-refractivity contribution in [2.24, 2.45) is 0 Å². The summed E-state index contributed by atoms with van der Waals surface area (Å²) < 4.78 is 10.6. The zero-order valence-electron chi connectivity index (χ0n) is 13.3. The van der Waals surface area contributed by atoms with Gasteiger partial charge in [0.15, 0.2) is 0 Å². The first-order valence-corrected chi connectivity index (χ1v) is 9.10. The van der Waals surface area contributed by atoms with Gasteiger partial charge in [0.25, 0.3) is 0 Å². The molecule has 0 aromatic heterocycles. The third-order valence-electron chi connectivity index (χ3n) is 3.75. The Bertz CT molecular complexity index is 346. The monoisotopic (exact) mass is 348 g/mol. The Kier molecular flexibility index (Phi) is 10.9. The standard InChI is InChI=1S/C16H28O6S/c1-2-8-21-9-6-4-3-5-7-10-23-16-15(20)14(19)13(18)12(11-17)22-16/h1,12-20H,3-11H2/t12-,13-,14+,15+,16-/m1/s1. The maximum atomic E-state index is 9.90. The zero-order valence-corrected chi connectivity index (χ0v) is 14.2. The van der Waals surface area contributed by atoms with Gasteiger partial charge in [-0.15, -0.1) is 18.2 Å². The van der Waals surface area contributed by atoms with Gasteiger partial charge >= 0.3 is 0 Å². The quantitative estimate of drug-likeness (QED) is 0.311. The van der Waals surface area contributed by atoms with Crippen LogP contribution in [0.3, 0.4) is 0 Å². The first-order chi connectivity index (χ1) is 11.1. The topological polar surface area (TPSA) is 99.4 Å². The van der Waals surface area contributed by atoms with Gasteiger partial charge in [-0.2, -0.15) is 0 Å². The minimum Gasteiger partial charge on any atom is -0.394 e. The molecular weight excluding hydrogens is 320 g/mol. The smallest absolute Gasteiger partial charge is 0.132 e. The number of thioether (sulfide) groups is 1. The van der Waals surface area contributed by atoms with Crippen LogP contribution in [0.4, 0.5) is 0 Å². The zero-order chi connectivity index (χ0) is 17.1. The molecule has 1 aliphatic rings. The Morgan fingerprint density at radius 3 is 2.39 bits per heavy atom. The summed E-state index contributed by atoms with van der Waals surface area (Å²) in [5, 5.41) is 38.4. The highest BCUT2D eigenvalue weighted by molar-refractivity contribution is 7.99. The molecule has 0 saturated carbocycles. The van der Waals surface area contributed by atoms with E-state index in [0.29, 0.717) is 13.2 Å². The van der Waals surface area contributed by atoms with Crippen molar-refractivity contribution in [3.05, 3.63) is 0 Å². The van der Waals surface area contributed by atoms with Gasteiger partial charge in [0.05, 0.1) is 6.61 Å². The Balaban J connectivity index is 2.07. The lowest BCUT2D eigenvalue weighted by Gasteiger charge is -2.39. The summed E-state index contributed by atoms with van der Waals surface area (Å²) in [5.74, 6) is 3.22.